The summed E-state index contributed by atoms with van der Waals surface area (Å²) < 4.78 is 1.76. The number of carbonyl (C=O) groups excluding carboxylic acids is 1. The quantitative estimate of drug-likeness (QED) is 0.782. The van der Waals surface area contributed by atoms with Gasteiger partial charge in [-0.3, -0.25) is 9.48 Å². The van der Waals surface area contributed by atoms with Crippen LogP contribution in [-0.4, -0.2) is 27.6 Å². The lowest BCUT2D eigenvalue weighted by Gasteiger charge is -2.15. The fourth-order valence-electron chi connectivity index (χ4n) is 2.34. The van der Waals surface area contributed by atoms with Gasteiger partial charge in [0.25, 0.3) is 5.91 Å². The number of alkyl halides is 1. The molecule has 0 bridgehead atoms. The van der Waals surface area contributed by atoms with E-state index in [4.69, 9.17) is 0 Å². The topological polar surface area (TPSA) is 46.9 Å². The van der Waals surface area contributed by atoms with Gasteiger partial charge in [-0.25, -0.2) is 0 Å². The predicted octanol–water partition coefficient (Wildman–Crippen LogP) is 2.97. The van der Waals surface area contributed by atoms with Crippen molar-refractivity contribution >= 4 is 21.8 Å². The smallest absolute Gasteiger partial charge is 0.255 e. The molecule has 1 aromatic rings. The first-order chi connectivity index (χ1) is 9.01. The van der Waals surface area contributed by atoms with Gasteiger partial charge in [0, 0.05) is 24.6 Å². The summed E-state index contributed by atoms with van der Waals surface area (Å²) in [7, 11) is 1.86. The van der Waals surface area contributed by atoms with Crippen LogP contribution in [0, 0.1) is 19.8 Å². The molecule has 0 saturated heterocycles. The average Bonchev–Trinajstić information content (AvgIpc) is 2.61. The van der Waals surface area contributed by atoms with Gasteiger partial charge < -0.3 is 5.32 Å². The summed E-state index contributed by atoms with van der Waals surface area (Å²) in [5.41, 5.74) is 2.43. The number of carbonyl (C=O) groups is 1. The molecule has 0 radical (unpaired) electrons. The average molecular weight is 330 g/mol. The van der Waals surface area contributed by atoms with E-state index < -0.39 is 0 Å². The summed E-state index contributed by atoms with van der Waals surface area (Å²) in [5.74, 6) is 0.546. The number of nitrogens with one attached hydrogen (secondary N) is 1. The zero-order valence-electron chi connectivity index (χ0n) is 12.3. The maximum atomic E-state index is 12.2. The van der Waals surface area contributed by atoms with Crippen LogP contribution in [0.25, 0.3) is 0 Å². The van der Waals surface area contributed by atoms with E-state index in [1.165, 1.54) is 0 Å². The first-order valence-electron chi connectivity index (χ1n) is 6.85. The van der Waals surface area contributed by atoms with Crippen LogP contribution in [0.15, 0.2) is 0 Å². The van der Waals surface area contributed by atoms with Gasteiger partial charge in [0.15, 0.2) is 0 Å². The number of rotatable bonds is 7. The molecule has 1 amide bonds. The molecule has 0 saturated carbocycles. The van der Waals surface area contributed by atoms with Gasteiger partial charge in [0.1, 0.15) is 0 Å². The van der Waals surface area contributed by atoms with E-state index >= 15 is 0 Å². The maximum Gasteiger partial charge on any atom is 0.255 e. The van der Waals surface area contributed by atoms with Gasteiger partial charge in [-0.15, -0.1) is 0 Å². The van der Waals surface area contributed by atoms with E-state index in [0.29, 0.717) is 5.92 Å². The van der Waals surface area contributed by atoms with E-state index in [0.717, 1.165) is 48.1 Å². The Balaban J connectivity index is 2.64. The lowest BCUT2D eigenvalue weighted by atomic mass is 10.0. The van der Waals surface area contributed by atoms with Gasteiger partial charge >= 0.3 is 0 Å². The van der Waals surface area contributed by atoms with Crippen LogP contribution in [0.1, 0.15) is 47.9 Å². The number of halogens is 1. The molecular weight excluding hydrogens is 306 g/mol. The van der Waals surface area contributed by atoms with Crippen LogP contribution >= 0.6 is 15.9 Å². The number of hydrogen-bond donors (Lipinski definition) is 1. The lowest BCUT2D eigenvalue weighted by molar-refractivity contribution is 0.0944. The molecule has 19 heavy (non-hydrogen) atoms. The zero-order chi connectivity index (χ0) is 14.4. The van der Waals surface area contributed by atoms with Crippen LogP contribution in [0.2, 0.25) is 0 Å². The molecule has 1 rings (SSSR count). The minimum atomic E-state index is -0.00113. The highest BCUT2D eigenvalue weighted by Crippen LogP contribution is 2.14. The van der Waals surface area contributed by atoms with Crippen LogP contribution in [-0.2, 0) is 7.05 Å². The molecule has 4 nitrogen and oxygen atoms in total. The molecule has 1 aromatic heterocycles. The van der Waals surface area contributed by atoms with Crippen molar-refractivity contribution in [2.24, 2.45) is 13.0 Å². The second-order valence-corrected chi connectivity index (χ2v) is 5.80. The maximum absolute atomic E-state index is 12.2. The third-order valence-electron chi connectivity index (χ3n) is 3.50. The highest BCUT2D eigenvalue weighted by molar-refractivity contribution is 9.09. The van der Waals surface area contributed by atoms with Crippen LogP contribution in [0.3, 0.4) is 0 Å². The van der Waals surface area contributed by atoms with E-state index in [2.05, 4.69) is 33.3 Å². The number of nitrogens with zero attached hydrogens (tertiary/aromatic N) is 2. The Morgan fingerprint density at radius 1 is 1.42 bits per heavy atom. The Morgan fingerprint density at radius 2 is 2.11 bits per heavy atom. The highest BCUT2D eigenvalue weighted by Gasteiger charge is 2.18. The van der Waals surface area contributed by atoms with Gasteiger partial charge in [-0.05, 0) is 32.6 Å². The monoisotopic (exact) mass is 329 g/mol. The summed E-state index contributed by atoms with van der Waals surface area (Å²) in [5, 5.41) is 8.31. The molecule has 0 spiro atoms. The Morgan fingerprint density at radius 3 is 2.58 bits per heavy atom. The van der Waals surface area contributed by atoms with E-state index in [1.54, 1.807) is 4.68 Å². The van der Waals surface area contributed by atoms with Crippen molar-refractivity contribution in [3.8, 4) is 0 Å². The van der Waals surface area contributed by atoms with Crippen molar-refractivity contribution < 1.29 is 4.79 Å². The zero-order valence-corrected chi connectivity index (χ0v) is 13.9. The minimum absolute atomic E-state index is 0.00113. The van der Waals surface area contributed by atoms with Crippen molar-refractivity contribution in [3.05, 3.63) is 17.0 Å². The van der Waals surface area contributed by atoms with Crippen molar-refractivity contribution in [1.82, 2.24) is 15.1 Å². The van der Waals surface area contributed by atoms with Crippen LogP contribution in [0.5, 0.6) is 0 Å². The SMILES string of the molecule is CCCC(CCBr)CNC(=O)c1c(C)nn(C)c1C. The molecule has 0 aliphatic rings. The Labute approximate surface area is 124 Å². The molecule has 0 aromatic carbocycles. The number of aryl methyl sites for hydroxylation is 2. The second-order valence-electron chi connectivity index (χ2n) is 5.01. The molecule has 0 aliphatic carbocycles. The number of hydrogen-bond acceptors (Lipinski definition) is 2. The third-order valence-corrected chi connectivity index (χ3v) is 3.96. The summed E-state index contributed by atoms with van der Waals surface area (Å²) in [4.78, 5) is 12.2. The molecule has 1 heterocycles. The molecule has 0 aliphatic heterocycles. The molecule has 1 unspecified atom stereocenters. The third kappa shape index (κ3) is 4.34. The molecule has 1 N–H and O–H groups in total. The summed E-state index contributed by atoms with van der Waals surface area (Å²) >= 11 is 3.47. The van der Waals surface area contributed by atoms with Crippen molar-refractivity contribution in [2.45, 2.75) is 40.0 Å². The van der Waals surface area contributed by atoms with Gasteiger partial charge in [0.05, 0.1) is 11.3 Å². The fourth-order valence-corrected chi connectivity index (χ4v) is 2.99. The van der Waals surface area contributed by atoms with E-state index in [9.17, 15) is 4.79 Å². The molecule has 0 fully saturated rings. The van der Waals surface area contributed by atoms with E-state index in [-0.39, 0.29) is 5.91 Å². The van der Waals surface area contributed by atoms with Gasteiger partial charge in [-0.2, -0.15) is 5.10 Å². The normalized spacial score (nSPS) is 12.5. The first-order valence-corrected chi connectivity index (χ1v) is 7.97. The molecule has 5 heteroatoms. The number of amides is 1. The van der Waals surface area contributed by atoms with Gasteiger partial charge in [0.2, 0.25) is 0 Å². The fraction of sp³-hybridized carbons (Fsp3) is 0.714. The van der Waals surface area contributed by atoms with Crippen LogP contribution < -0.4 is 5.32 Å². The van der Waals surface area contributed by atoms with Gasteiger partial charge in [-0.1, -0.05) is 29.3 Å². The Hall–Kier alpha value is -0.840. The second kappa shape index (κ2) is 7.68. The van der Waals surface area contributed by atoms with Crippen LogP contribution in [0.4, 0.5) is 0 Å². The lowest BCUT2D eigenvalue weighted by Crippen LogP contribution is -2.30. The Kier molecular flexibility index (Phi) is 6.55. The molecule has 108 valence electrons. The van der Waals surface area contributed by atoms with Crippen molar-refractivity contribution in [1.29, 1.82) is 0 Å². The standard InChI is InChI=1S/C14H24BrN3O/c1-5-6-12(7-8-15)9-16-14(19)13-10(2)17-18(4)11(13)3/h12H,5-9H2,1-4H3,(H,16,19). The first kappa shape index (κ1) is 16.2. The summed E-state index contributed by atoms with van der Waals surface area (Å²) in [6.07, 6.45) is 3.40. The van der Waals surface area contributed by atoms with E-state index in [1.807, 2.05) is 20.9 Å². The van der Waals surface area contributed by atoms with Crippen molar-refractivity contribution in [3.63, 3.8) is 0 Å². The minimum Gasteiger partial charge on any atom is -0.352 e. The molecular formula is C14H24BrN3O. The van der Waals surface area contributed by atoms with Crippen molar-refractivity contribution in [2.75, 3.05) is 11.9 Å². The highest BCUT2D eigenvalue weighted by atomic mass is 79.9. The summed E-state index contributed by atoms with van der Waals surface area (Å²) in [6.45, 7) is 6.73. The predicted molar refractivity (Wildman–Crippen MR) is 81.8 cm³/mol. The number of aromatic nitrogens is 2. The summed E-state index contributed by atoms with van der Waals surface area (Å²) in [6, 6.07) is 0. The largest absolute Gasteiger partial charge is 0.352 e. The molecule has 1 atom stereocenters. The Bertz CT molecular complexity index is 423.